The molecule has 3 aromatic rings. The summed E-state index contributed by atoms with van der Waals surface area (Å²) in [5.41, 5.74) is 2.40. The van der Waals surface area contributed by atoms with E-state index in [4.69, 9.17) is 4.74 Å². The maximum Gasteiger partial charge on any atom is 0.165 e. The lowest BCUT2D eigenvalue weighted by Gasteiger charge is -2.20. The predicted molar refractivity (Wildman–Crippen MR) is 101 cm³/mol. The molecule has 1 unspecified atom stereocenters. The second kappa shape index (κ2) is 8.30. The Kier molecular flexibility index (Phi) is 5.64. The van der Waals surface area contributed by atoms with E-state index in [9.17, 15) is 9.18 Å². The number of hydrogen-bond acceptors (Lipinski definition) is 3. The molecule has 0 amide bonds. The highest BCUT2D eigenvalue weighted by atomic mass is 19.1. The number of hydrogen-bond donors (Lipinski definition) is 1. The summed E-state index contributed by atoms with van der Waals surface area (Å²) in [7, 11) is 1.59. The van der Waals surface area contributed by atoms with Crippen LogP contribution in [0, 0.1) is 5.82 Å². The first-order valence-electron chi connectivity index (χ1n) is 8.40. The Bertz CT molecular complexity index is 846. The molecule has 0 fully saturated rings. The van der Waals surface area contributed by atoms with E-state index >= 15 is 0 Å². The Balaban J connectivity index is 1.80. The Morgan fingerprint density at radius 2 is 1.62 bits per heavy atom. The number of methoxy groups -OCH3 is 1. The fourth-order valence-electron chi connectivity index (χ4n) is 2.77. The standard InChI is InChI=1S/C22H20FNO2/c1-26-20-13-7-17(8-14-20)22(25)15-21(16-5-3-2-4-6-16)24-19-11-9-18(23)10-12-19/h2-14,21,24H,15H2,1H3. The molecule has 0 radical (unpaired) electrons. The van der Waals surface area contributed by atoms with E-state index < -0.39 is 0 Å². The Morgan fingerprint density at radius 1 is 0.962 bits per heavy atom. The highest BCUT2D eigenvalue weighted by Crippen LogP contribution is 2.25. The largest absolute Gasteiger partial charge is 0.497 e. The predicted octanol–water partition coefficient (Wildman–Crippen LogP) is 5.26. The molecule has 0 aliphatic rings. The number of benzene rings is 3. The van der Waals surface area contributed by atoms with Crippen LogP contribution in [0.4, 0.5) is 10.1 Å². The number of carbonyl (C=O) groups excluding carboxylic acids is 1. The van der Waals surface area contributed by atoms with Gasteiger partial charge in [-0.25, -0.2) is 4.39 Å². The molecule has 0 spiro atoms. The highest BCUT2D eigenvalue weighted by molar-refractivity contribution is 5.96. The topological polar surface area (TPSA) is 38.3 Å². The number of ketones is 1. The van der Waals surface area contributed by atoms with Gasteiger partial charge in [0.15, 0.2) is 5.78 Å². The Morgan fingerprint density at radius 3 is 2.23 bits per heavy atom. The molecule has 0 aliphatic heterocycles. The number of Topliss-reactive ketones (excluding diaryl/α,β-unsaturated/α-hetero) is 1. The molecule has 1 atom stereocenters. The number of nitrogens with one attached hydrogen (secondary N) is 1. The second-order valence-corrected chi connectivity index (χ2v) is 5.97. The van der Waals surface area contributed by atoms with Gasteiger partial charge in [-0.3, -0.25) is 4.79 Å². The zero-order valence-corrected chi connectivity index (χ0v) is 14.5. The van der Waals surface area contributed by atoms with Crippen molar-refractivity contribution in [3.05, 3.63) is 95.8 Å². The van der Waals surface area contributed by atoms with Gasteiger partial charge in [0, 0.05) is 17.7 Å². The quantitative estimate of drug-likeness (QED) is 0.591. The molecule has 0 saturated heterocycles. The third kappa shape index (κ3) is 4.48. The van der Waals surface area contributed by atoms with Gasteiger partial charge < -0.3 is 10.1 Å². The lowest BCUT2D eigenvalue weighted by molar-refractivity contribution is 0.0976. The molecule has 0 aromatic heterocycles. The molecular weight excluding hydrogens is 329 g/mol. The number of anilines is 1. The number of carbonyl (C=O) groups is 1. The van der Waals surface area contributed by atoms with Gasteiger partial charge in [-0.15, -0.1) is 0 Å². The summed E-state index contributed by atoms with van der Waals surface area (Å²) in [4.78, 5) is 12.7. The Labute approximate surface area is 152 Å². The van der Waals surface area contributed by atoms with Crippen LogP contribution in [0.5, 0.6) is 5.75 Å². The van der Waals surface area contributed by atoms with E-state index in [1.54, 1.807) is 43.5 Å². The first kappa shape index (κ1) is 17.7. The van der Waals surface area contributed by atoms with Gasteiger partial charge in [-0.05, 0) is 54.1 Å². The summed E-state index contributed by atoms with van der Waals surface area (Å²) in [6, 6.07) is 22.8. The summed E-state index contributed by atoms with van der Waals surface area (Å²) in [6.45, 7) is 0. The maximum atomic E-state index is 13.1. The van der Waals surface area contributed by atoms with Crippen molar-refractivity contribution in [2.75, 3.05) is 12.4 Å². The zero-order valence-electron chi connectivity index (χ0n) is 14.5. The van der Waals surface area contributed by atoms with Crippen LogP contribution in [0.1, 0.15) is 28.4 Å². The van der Waals surface area contributed by atoms with Crippen LogP contribution in [0.25, 0.3) is 0 Å². The van der Waals surface area contributed by atoms with Crippen LogP contribution in [-0.2, 0) is 0 Å². The maximum absolute atomic E-state index is 13.1. The van der Waals surface area contributed by atoms with Crippen molar-refractivity contribution in [3.63, 3.8) is 0 Å². The molecule has 3 aromatic carbocycles. The van der Waals surface area contributed by atoms with Crippen LogP contribution in [-0.4, -0.2) is 12.9 Å². The molecule has 26 heavy (non-hydrogen) atoms. The lowest BCUT2D eigenvalue weighted by atomic mass is 9.97. The summed E-state index contributed by atoms with van der Waals surface area (Å²) in [5.74, 6) is 0.447. The summed E-state index contributed by atoms with van der Waals surface area (Å²) < 4.78 is 18.3. The third-order valence-corrected chi connectivity index (χ3v) is 4.19. The summed E-state index contributed by atoms with van der Waals surface area (Å²) in [6.07, 6.45) is 0.285. The van der Waals surface area contributed by atoms with Crippen LogP contribution in [0.3, 0.4) is 0 Å². The molecule has 1 N–H and O–H groups in total. The van der Waals surface area contributed by atoms with E-state index in [2.05, 4.69) is 5.32 Å². The van der Waals surface area contributed by atoms with Gasteiger partial charge in [0.1, 0.15) is 11.6 Å². The van der Waals surface area contributed by atoms with Gasteiger partial charge in [-0.2, -0.15) is 0 Å². The van der Waals surface area contributed by atoms with Crippen molar-refractivity contribution in [2.45, 2.75) is 12.5 Å². The zero-order chi connectivity index (χ0) is 18.4. The lowest BCUT2D eigenvalue weighted by Crippen LogP contribution is -2.15. The van der Waals surface area contributed by atoms with Gasteiger partial charge in [0.25, 0.3) is 0 Å². The SMILES string of the molecule is COc1ccc(C(=O)CC(Nc2ccc(F)cc2)c2ccccc2)cc1. The molecule has 3 nitrogen and oxygen atoms in total. The normalized spacial score (nSPS) is 11.6. The minimum atomic E-state index is -0.291. The fraction of sp³-hybridized carbons (Fsp3) is 0.136. The van der Waals surface area contributed by atoms with Crippen LogP contribution in [0.15, 0.2) is 78.9 Å². The van der Waals surface area contributed by atoms with E-state index in [-0.39, 0.29) is 24.1 Å². The van der Waals surface area contributed by atoms with Crippen molar-refractivity contribution < 1.29 is 13.9 Å². The van der Waals surface area contributed by atoms with Gasteiger partial charge in [0.05, 0.1) is 13.2 Å². The molecular formula is C22H20FNO2. The molecule has 0 bridgehead atoms. The second-order valence-electron chi connectivity index (χ2n) is 5.97. The first-order valence-corrected chi connectivity index (χ1v) is 8.40. The van der Waals surface area contributed by atoms with E-state index in [1.807, 2.05) is 30.3 Å². The highest BCUT2D eigenvalue weighted by Gasteiger charge is 2.17. The van der Waals surface area contributed by atoms with Gasteiger partial charge in [-0.1, -0.05) is 30.3 Å². The molecule has 0 heterocycles. The number of halogens is 1. The average Bonchev–Trinajstić information content (AvgIpc) is 2.70. The van der Waals surface area contributed by atoms with Crippen molar-refractivity contribution >= 4 is 11.5 Å². The number of rotatable bonds is 7. The molecule has 0 saturated carbocycles. The van der Waals surface area contributed by atoms with Crippen LogP contribution in [0.2, 0.25) is 0 Å². The van der Waals surface area contributed by atoms with E-state index in [0.717, 1.165) is 11.3 Å². The summed E-state index contributed by atoms with van der Waals surface area (Å²) in [5, 5.41) is 3.33. The molecule has 132 valence electrons. The Hall–Kier alpha value is -3.14. The van der Waals surface area contributed by atoms with Crippen molar-refractivity contribution in [1.82, 2.24) is 0 Å². The van der Waals surface area contributed by atoms with Crippen molar-refractivity contribution in [3.8, 4) is 5.75 Å². The third-order valence-electron chi connectivity index (χ3n) is 4.19. The first-order chi connectivity index (χ1) is 12.7. The van der Waals surface area contributed by atoms with Gasteiger partial charge in [0.2, 0.25) is 0 Å². The molecule has 4 heteroatoms. The summed E-state index contributed by atoms with van der Waals surface area (Å²) >= 11 is 0. The molecule has 0 aliphatic carbocycles. The minimum absolute atomic E-state index is 0.0242. The van der Waals surface area contributed by atoms with Gasteiger partial charge >= 0.3 is 0 Å². The van der Waals surface area contributed by atoms with Crippen molar-refractivity contribution in [2.24, 2.45) is 0 Å². The van der Waals surface area contributed by atoms with Crippen LogP contribution >= 0.6 is 0 Å². The minimum Gasteiger partial charge on any atom is -0.497 e. The number of ether oxygens (including phenoxy) is 1. The van der Waals surface area contributed by atoms with Crippen LogP contribution < -0.4 is 10.1 Å². The monoisotopic (exact) mass is 349 g/mol. The van der Waals surface area contributed by atoms with E-state index in [0.29, 0.717) is 11.3 Å². The average molecular weight is 349 g/mol. The smallest absolute Gasteiger partial charge is 0.165 e. The fourth-order valence-corrected chi connectivity index (χ4v) is 2.77. The molecule has 3 rings (SSSR count). The van der Waals surface area contributed by atoms with Crippen molar-refractivity contribution in [1.29, 1.82) is 0 Å². The van der Waals surface area contributed by atoms with E-state index in [1.165, 1.54) is 12.1 Å².